The maximum absolute atomic E-state index is 10.5. The molecule has 0 fully saturated rings. The monoisotopic (exact) mass is 413 g/mol. The molecule has 2 N–H and O–H groups in total. The molecule has 0 aromatic heterocycles. The van der Waals surface area contributed by atoms with Crippen molar-refractivity contribution in [3.63, 3.8) is 0 Å². The van der Waals surface area contributed by atoms with Crippen LogP contribution in [0.5, 0.6) is 5.75 Å². The van der Waals surface area contributed by atoms with Gasteiger partial charge in [0.1, 0.15) is 5.75 Å². The molecule has 0 spiro atoms. The van der Waals surface area contributed by atoms with Crippen molar-refractivity contribution < 1.29 is 10.0 Å². The third-order valence-electron chi connectivity index (χ3n) is 2.53. The lowest BCUT2D eigenvalue weighted by Gasteiger charge is -2.05. The smallest absolute Gasteiger partial charge is 0.269 e. The van der Waals surface area contributed by atoms with Gasteiger partial charge in [-0.3, -0.25) is 15.5 Å². The first kappa shape index (κ1) is 15.5. The number of nitrogens with one attached hydrogen (secondary N) is 1. The second-order valence-corrected chi connectivity index (χ2v) is 5.72. The highest BCUT2D eigenvalue weighted by Crippen LogP contribution is 2.35. The Morgan fingerprint density at radius 3 is 2.29 bits per heavy atom. The Labute approximate surface area is 136 Å². The molecule has 6 nitrogen and oxygen atoms in total. The summed E-state index contributed by atoms with van der Waals surface area (Å²) in [6.07, 6.45) is 1.54. The Hall–Kier alpha value is -1.93. The minimum Gasteiger partial charge on any atom is -0.506 e. The van der Waals surface area contributed by atoms with Crippen molar-refractivity contribution in [1.29, 1.82) is 0 Å². The Kier molecular flexibility index (Phi) is 4.92. The standard InChI is InChI=1S/C13H9Br2N3O3/c14-11-5-9(6-12(15)13(11)19)17-16-7-8-1-3-10(4-2-8)18(20)21/h1-7,17,19H/b16-7+. The van der Waals surface area contributed by atoms with Gasteiger partial charge < -0.3 is 5.11 Å². The molecular formula is C13H9Br2N3O3. The van der Waals surface area contributed by atoms with Crippen molar-refractivity contribution in [3.05, 3.63) is 61.0 Å². The van der Waals surface area contributed by atoms with Gasteiger partial charge in [-0.2, -0.15) is 5.10 Å². The van der Waals surface area contributed by atoms with Crippen LogP contribution < -0.4 is 5.43 Å². The summed E-state index contributed by atoms with van der Waals surface area (Å²) in [4.78, 5) is 10.1. The largest absolute Gasteiger partial charge is 0.506 e. The minimum absolute atomic E-state index is 0.0338. The number of phenolic OH excluding ortho intramolecular Hbond substituents is 1. The van der Waals surface area contributed by atoms with E-state index >= 15 is 0 Å². The number of nitro benzene ring substituents is 1. The Morgan fingerprint density at radius 1 is 1.19 bits per heavy atom. The van der Waals surface area contributed by atoms with Crippen LogP contribution in [0.3, 0.4) is 0 Å². The number of nitro groups is 1. The van der Waals surface area contributed by atoms with Crippen molar-refractivity contribution in [1.82, 2.24) is 0 Å². The number of hydrogen-bond donors (Lipinski definition) is 2. The van der Waals surface area contributed by atoms with Crippen LogP contribution in [0.15, 0.2) is 50.4 Å². The van der Waals surface area contributed by atoms with E-state index in [-0.39, 0.29) is 11.4 Å². The lowest BCUT2D eigenvalue weighted by molar-refractivity contribution is -0.384. The van der Waals surface area contributed by atoms with E-state index in [0.29, 0.717) is 14.6 Å². The van der Waals surface area contributed by atoms with E-state index in [1.807, 2.05) is 0 Å². The van der Waals surface area contributed by atoms with E-state index in [1.165, 1.54) is 12.1 Å². The SMILES string of the molecule is O=[N+]([O-])c1ccc(/C=N/Nc2cc(Br)c(O)c(Br)c2)cc1. The molecule has 0 saturated heterocycles. The van der Waals surface area contributed by atoms with E-state index in [1.54, 1.807) is 30.5 Å². The Balaban J connectivity index is 2.07. The summed E-state index contributed by atoms with van der Waals surface area (Å²) in [5.41, 5.74) is 4.24. The summed E-state index contributed by atoms with van der Waals surface area (Å²) in [5.74, 6) is 0.111. The van der Waals surface area contributed by atoms with Crippen LogP contribution in [0.1, 0.15) is 5.56 Å². The quantitative estimate of drug-likeness (QED) is 0.338. The van der Waals surface area contributed by atoms with Gasteiger partial charge in [-0.15, -0.1) is 0 Å². The first-order chi connectivity index (χ1) is 9.97. The van der Waals surface area contributed by atoms with Gasteiger partial charge in [0.25, 0.3) is 5.69 Å². The molecule has 2 aromatic carbocycles. The van der Waals surface area contributed by atoms with E-state index in [9.17, 15) is 15.2 Å². The van der Waals surface area contributed by atoms with Gasteiger partial charge in [-0.25, -0.2) is 0 Å². The van der Waals surface area contributed by atoms with Crippen LogP contribution in [-0.4, -0.2) is 16.2 Å². The molecule has 0 aliphatic carbocycles. The third-order valence-corrected chi connectivity index (χ3v) is 3.74. The first-order valence-corrected chi connectivity index (χ1v) is 7.27. The molecule has 0 amide bonds. The zero-order valence-corrected chi connectivity index (χ0v) is 13.6. The summed E-state index contributed by atoms with van der Waals surface area (Å²) in [5, 5.41) is 24.2. The van der Waals surface area contributed by atoms with Gasteiger partial charge in [0.05, 0.1) is 25.8 Å². The van der Waals surface area contributed by atoms with Gasteiger partial charge in [0, 0.05) is 12.1 Å². The zero-order chi connectivity index (χ0) is 15.4. The van der Waals surface area contributed by atoms with Crippen LogP contribution in [0.25, 0.3) is 0 Å². The molecule has 0 aliphatic heterocycles. The topological polar surface area (TPSA) is 87.8 Å². The second kappa shape index (κ2) is 6.68. The maximum atomic E-state index is 10.5. The number of benzene rings is 2. The molecule has 0 bridgehead atoms. The van der Waals surface area contributed by atoms with Gasteiger partial charge in [-0.1, -0.05) is 0 Å². The number of anilines is 1. The van der Waals surface area contributed by atoms with Crippen LogP contribution in [0, 0.1) is 10.1 Å². The van der Waals surface area contributed by atoms with Gasteiger partial charge >= 0.3 is 0 Å². The second-order valence-electron chi connectivity index (χ2n) is 4.01. The Bertz CT molecular complexity index is 679. The van der Waals surface area contributed by atoms with Crippen molar-refractivity contribution in [2.75, 3.05) is 5.43 Å². The molecule has 21 heavy (non-hydrogen) atoms. The first-order valence-electron chi connectivity index (χ1n) is 5.69. The van der Waals surface area contributed by atoms with Crippen LogP contribution in [0.4, 0.5) is 11.4 Å². The normalized spacial score (nSPS) is 10.8. The van der Waals surface area contributed by atoms with E-state index in [4.69, 9.17) is 0 Å². The molecule has 8 heteroatoms. The summed E-state index contributed by atoms with van der Waals surface area (Å²) < 4.78 is 1.06. The maximum Gasteiger partial charge on any atom is 0.269 e. The highest BCUT2D eigenvalue weighted by atomic mass is 79.9. The van der Waals surface area contributed by atoms with E-state index < -0.39 is 4.92 Å². The highest BCUT2D eigenvalue weighted by molar-refractivity contribution is 9.11. The van der Waals surface area contributed by atoms with Crippen LogP contribution in [-0.2, 0) is 0 Å². The van der Waals surface area contributed by atoms with Crippen molar-refractivity contribution >= 4 is 49.4 Å². The predicted octanol–water partition coefficient (Wildman–Crippen LogP) is 4.27. The number of aromatic hydroxyl groups is 1. The molecule has 0 heterocycles. The molecule has 0 radical (unpaired) electrons. The van der Waals surface area contributed by atoms with Crippen molar-refractivity contribution in [2.24, 2.45) is 5.10 Å². The summed E-state index contributed by atoms with van der Waals surface area (Å²) in [6, 6.07) is 9.38. The highest BCUT2D eigenvalue weighted by Gasteiger charge is 2.05. The fourth-order valence-corrected chi connectivity index (χ4v) is 2.68. The molecule has 0 aliphatic rings. The van der Waals surface area contributed by atoms with E-state index in [2.05, 4.69) is 42.4 Å². The fourth-order valence-electron chi connectivity index (χ4n) is 1.49. The van der Waals surface area contributed by atoms with Gasteiger partial charge in [0.15, 0.2) is 0 Å². The molecule has 0 saturated carbocycles. The number of halogens is 2. The summed E-state index contributed by atoms with van der Waals surface area (Å²) >= 11 is 6.44. The molecule has 0 atom stereocenters. The Morgan fingerprint density at radius 2 is 1.76 bits per heavy atom. The molecule has 2 aromatic rings. The number of nitrogens with zero attached hydrogens (tertiary/aromatic N) is 2. The lowest BCUT2D eigenvalue weighted by atomic mass is 10.2. The zero-order valence-electron chi connectivity index (χ0n) is 10.5. The molecule has 108 valence electrons. The van der Waals surface area contributed by atoms with Crippen molar-refractivity contribution in [2.45, 2.75) is 0 Å². The molecule has 0 unspecified atom stereocenters. The number of rotatable bonds is 4. The fraction of sp³-hybridized carbons (Fsp3) is 0. The average Bonchev–Trinajstić information content (AvgIpc) is 2.45. The number of non-ortho nitro benzene ring substituents is 1. The molecule has 2 rings (SSSR count). The number of hydrazone groups is 1. The van der Waals surface area contributed by atoms with Gasteiger partial charge in [-0.05, 0) is 61.7 Å². The number of phenols is 1. The summed E-state index contributed by atoms with van der Waals surface area (Å²) in [6.45, 7) is 0. The minimum atomic E-state index is -0.454. The van der Waals surface area contributed by atoms with Crippen LogP contribution in [0.2, 0.25) is 0 Å². The third kappa shape index (κ3) is 4.02. The molecular weight excluding hydrogens is 406 g/mol. The predicted molar refractivity (Wildman–Crippen MR) is 87.8 cm³/mol. The van der Waals surface area contributed by atoms with Crippen LogP contribution >= 0.6 is 31.9 Å². The van der Waals surface area contributed by atoms with Crippen molar-refractivity contribution in [3.8, 4) is 5.75 Å². The lowest BCUT2D eigenvalue weighted by Crippen LogP contribution is -1.92. The number of hydrogen-bond acceptors (Lipinski definition) is 5. The summed E-state index contributed by atoms with van der Waals surface area (Å²) in [7, 11) is 0. The van der Waals surface area contributed by atoms with Gasteiger partial charge in [0.2, 0.25) is 0 Å². The average molecular weight is 415 g/mol. The van der Waals surface area contributed by atoms with E-state index in [0.717, 1.165) is 5.56 Å².